The van der Waals surface area contributed by atoms with Crippen molar-refractivity contribution in [2.75, 3.05) is 0 Å². The van der Waals surface area contributed by atoms with Gasteiger partial charge in [-0.15, -0.1) is 4.72 Å². The maximum atomic E-state index is 14.7. The van der Waals surface area contributed by atoms with Crippen LogP contribution >= 0.6 is 0 Å². The Bertz CT molecular complexity index is 1370. The van der Waals surface area contributed by atoms with Crippen molar-refractivity contribution in [3.05, 3.63) is 82.9 Å². The molecule has 8 heteroatoms. The molecule has 174 valence electrons. The molecule has 0 aliphatic carbocycles. The van der Waals surface area contributed by atoms with Crippen LogP contribution in [-0.2, 0) is 17.8 Å². The number of rotatable bonds is 6. The molecule has 2 atom stereocenters. The maximum absolute atomic E-state index is 14.7. The van der Waals surface area contributed by atoms with E-state index in [-0.39, 0.29) is 17.8 Å². The minimum Gasteiger partial charge on any atom is -0.598 e. The van der Waals surface area contributed by atoms with Gasteiger partial charge in [0, 0.05) is 28.7 Å². The minimum atomic E-state index is -1.45. The summed E-state index contributed by atoms with van der Waals surface area (Å²) in [4.78, 5) is 4.17. The van der Waals surface area contributed by atoms with Gasteiger partial charge in [-0.3, -0.25) is 0 Å². The molecule has 0 bridgehead atoms. The number of nitrogens with zero attached hydrogens (tertiary/aromatic N) is 3. The average molecular weight is 477 g/mol. The lowest BCUT2D eigenvalue weighted by molar-refractivity contribution is 0.459. The van der Waals surface area contributed by atoms with Crippen LogP contribution in [0.5, 0.6) is 0 Å². The van der Waals surface area contributed by atoms with E-state index in [0.717, 1.165) is 22.1 Å². The van der Waals surface area contributed by atoms with E-state index in [9.17, 15) is 14.2 Å². The fourth-order valence-electron chi connectivity index (χ4n) is 3.66. The largest absolute Gasteiger partial charge is 0.598 e. The van der Waals surface area contributed by atoms with Crippen molar-refractivity contribution in [1.82, 2.24) is 14.9 Å². The van der Waals surface area contributed by atoms with E-state index in [0.29, 0.717) is 11.3 Å². The van der Waals surface area contributed by atoms with E-state index >= 15 is 0 Å². The van der Waals surface area contributed by atoms with Crippen LogP contribution in [0.2, 0.25) is 0 Å². The van der Waals surface area contributed by atoms with Gasteiger partial charge in [0.1, 0.15) is 28.0 Å². The molecule has 2 heterocycles. The Hall–Kier alpha value is -3.25. The SMILES string of the molecule is Cc1ccc2c(-c3ccccc3C(Cc3nc(C#N)ccc3F)N[S@@+]([O-])C(C)(C)C)noc2c1. The second-order valence-electron chi connectivity index (χ2n) is 9.11. The molecule has 6 nitrogen and oxygen atoms in total. The van der Waals surface area contributed by atoms with Crippen LogP contribution in [0.1, 0.15) is 49.3 Å². The first-order valence-corrected chi connectivity index (χ1v) is 12.0. The highest BCUT2D eigenvalue weighted by molar-refractivity contribution is 7.90. The molecule has 0 fully saturated rings. The lowest BCUT2D eigenvalue weighted by Crippen LogP contribution is -2.42. The number of fused-ring (bicyclic) bond motifs is 1. The van der Waals surface area contributed by atoms with E-state index in [4.69, 9.17) is 4.52 Å². The molecule has 1 unspecified atom stereocenters. The number of hydrogen-bond acceptors (Lipinski definition) is 6. The Kier molecular flexibility index (Phi) is 6.71. The Balaban J connectivity index is 1.83. The molecule has 0 saturated heterocycles. The van der Waals surface area contributed by atoms with E-state index in [1.807, 2.05) is 76.2 Å². The van der Waals surface area contributed by atoms with Gasteiger partial charge in [-0.05, 0) is 63.1 Å². The number of pyridine rings is 1. The molecule has 4 aromatic rings. The second kappa shape index (κ2) is 9.55. The third-order valence-corrected chi connectivity index (χ3v) is 7.07. The summed E-state index contributed by atoms with van der Waals surface area (Å²) in [6.07, 6.45) is 0.0923. The minimum absolute atomic E-state index is 0.0923. The summed E-state index contributed by atoms with van der Waals surface area (Å²) in [5.74, 6) is -0.521. The number of aromatic nitrogens is 2. The van der Waals surface area contributed by atoms with Crippen LogP contribution in [0.3, 0.4) is 0 Å². The first-order valence-electron chi connectivity index (χ1n) is 10.9. The Morgan fingerprint density at radius 3 is 2.68 bits per heavy atom. The fourth-order valence-corrected chi connectivity index (χ4v) is 4.48. The lowest BCUT2D eigenvalue weighted by Gasteiger charge is -2.29. The third-order valence-electron chi connectivity index (χ3n) is 5.45. The van der Waals surface area contributed by atoms with Crippen molar-refractivity contribution in [3.63, 3.8) is 0 Å². The maximum Gasteiger partial charge on any atom is 0.167 e. The molecule has 0 radical (unpaired) electrons. The van der Waals surface area contributed by atoms with Crippen LogP contribution in [0, 0.1) is 24.1 Å². The highest BCUT2D eigenvalue weighted by Gasteiger charge is 2.32. The molecule has 4 rings (SSSR count). The van der Waals surface area contributed by atoms with Crippen LogP contribution < -0.4 is 4.72 Å². The molecular weight excluding hydrogens is 451 g/mol. The number of nitriles is 1. The number of halogens is 1. The smallest absolute Gasteiger partial charge is 0.167 e. The summed E-state index contributed by atoms with van der Waals surface area (Å²) >= 11 is -1.45. The standard InChI is InChI=1S/C26H25FN4O2S/c1-16-9-11-20-24(13-16)33-30-25(20)19-8-6-5-7-18(19)22(31-34(32)26(2,3)4)14-23-21(27)12-10-17(15-28)29-23/h5-13,22,31H,14H2,1-4H3/t22?,34-/m0/s1. The van der Waals surface area contributed by atoms with Crippen molar-refractivity contribution < 1.29 is 13.5 Å². The highest BCUT2D eigenvalue weighted by Crippen LogP contribution is 2.35. The molecule has 0 saturated carbocycles. The molecule has 0 amide bonds. The third kappa shape index (κ3) is 4.97. The molecule has 0 aliphatic rings. The van der Waals surface area contributed by atoms with E-state index < -0.39 is 28.0 Å². The van der Waals surface area contributed by atoms with Gasteiger partial charge in [0.05, 0.1) is 11.7 Å². The van der Waals surface area contributed by atoms with Crippen molar-refractivity contribution in [3.8, 4) is 17.3 Å². The van der Waals surface area contributed by atoms with Gasteiger partial charge in [0.15, 0.2) is 5.58 Å². The molecule has 1 N–H and O–H groups in total. The van der Waals surface area contributed by atoms with Gasteiger partial charge in [0.2, 0.25) is 0 Å². The predicted molar refractivity (Wildman–Crippen MR) is 131 cm³/mol. The van der Waals surface area contributed by atoms with Crippen LogP contribution in [0.4, 0.5) is 4.39 Å². The fraction of sp³-hybridized carbons (Fsp3) is 0.269. The van der Waals surface area contributed by atoms with E-state index in [1.54, 1.807) is 0 Å². The highest BCUT2D eigenvalue weighted by atomic mass is 32.2. The van der Waals surface area contributed by atoms with Crippen LogP contribution in [-0.4, -0.2) is 19.4 Å². The van der Waals surface area contributed by atoms with Gasteiger partial charge in [0.25, 0.3) is 0 Å². The van der Waals surface area contributed by atoms with Gasteiger partial charge in [-0.2, -0.15) is 5.26 Å². The zero-order valence-corrected chi connectivity index (χ0v) is 20.2. The monoisotopic (exact) mass is 476 g/mol. The lowest BCUT2D eigenvalue weighted by atomic mass is 9.94. The number of nitrogens with one attached hydrogen (secondary N) is 1. The summed E-state index contributed by atoms with van der Waals surface area (Å²) in [6, 6.07) is 17.4. The van der Waals surface area contributed by atoms with Gasteiger partial charge >= 0.3 is 0 Å². The molecule has 2 aromatic heterocycles. The van der Waals surface area contributed by atoms with Crippen molar-refractivity contribution in [2.24, 2.45) is 0 Å². The van der Waals surface area contributed by atoms with Crippen LogP contribution in [0.15, 0.2) is 59.1 Å². The normalized spacial score (nSPS) is 13.6. The summed E-state index contributed by atoms with van der Waals surface area (Å²) in [5, 5.41) is 14.4. The van der Waals surface area contributed by atoms with E-state index in [1.165, 1.54) is 12.1 Å². The first kappa shape index (κ1) is 23.9. The molecule has 34 heavy (non-hydrogen) atoms. The summed E-state index contributed by atoms with van der Waals surface area (Å²) in [5.41, 5.74) is 4.18. The number of aryl methyl sites for hydroxylation is 1. The summed E-state index contributed by atoms with van der Waals surface area (Å²) in [6.45, 7) is 7.57. The summed E-state index contributed by atoms with van der Waals surface area (Å²) in [7, 11) is 0. The zero-order valence-electron chi connectivity index (χ0n) is 19.4. The quantitative estimate of drug-likeness (QED) is 0.367. The van der Waals surface area contributed by atoms with Gasteiger partial charge < -0.3 is 9.08 Å². The Labute approximate surface area is 201 Å². The Morgan fingerprint density at radius 1 is 1.18 bits per heavy atom. The van der Waals surface area contributed by atoms with Crippen molar-refractivity contribution in [1.29, 1.82) is 5.26 Å². The molecule has 0 spiro atoms. The molecule has 0 aliphatic heterocycles. The number of hydrogen-bond donors (Lipinski definition) is 1. The average Bonchev–Trinajstić information content (AvgIpc) is 3.22. The van der Waals surface area contributed by atoms with E-state index in [2.05, 4.69) is 14.9 Å². The van der Waals surface area contributed by atoms with Crippen LogP contribution in [0.25, 0.3) is 22.2 Å². The predicted octanol–water partition coefficient (Wildman–Crippen LogP) is 5.54. The summed E-state index contributed by atoms with van der Waals surface area (Å²) < 4.78 is 36.0. The topological polar surface area (TPSA) is 97.8 Å². The molecule has 2 aromatic carbocycles. The van der Waals surface area contributed by atoms with Crippen molar-refractivity contribution in [2.45, 2.75) is 44.9 Å². The Morgan fingerprint density at radius 2 is 1.94 bits per heavy atom. The van der Waals surface area contributed by atoms with Gasteiger partial charge in [-0.25, -0.2) is 9.37 Å². The number of benzene rings is 2. The first-order chi connectivity index (χ1) is 16.2. The second-order valence-corrected chi connectivity index (χ2v) is 11.1. The molecular formula is C26H25FN4O2S. The van der Waals surface area contributed by atoms with Gasteiger partial charge in [-0.1, -0.05) is 35.5 Å². The zero-order chi connectivity index (χ0) is 24.5. The van der Waals surface area contributed by atoms with Crippen molar-refractivity contribution >= 4 is 22.3 Å².